The number of anilines is 2. The Morgan fingerprint density at radius 3 is 2.29 bits per heavy atom. The van der Waals surface area contributed by atoms with Gasteiger partial charge < -0.3 is 9.64 Å². The minimum Gasteiger partial charge on any atom is -0.426 e. The number of amides is 3. The van der Waals surface area contributed by atoms with Crippen molar-refractivity contribution in [3.63, 3.8) is 0 Å². The van der Waals surface area contributed by atoms with Gasteiger partial charge in [0, 0.05) is 18.7 Å². The number of ether oxygens (including phenoxy) is 1. The largest absolute Gasteiger partial charge is 0.426 e. The Labute approximate surface area is 205 Å². The molecule has 0 spiro atoms. The van der Waals surface area contributed by atoms with Gasteiger partial charge in [-0.25, -0.2) is 0 Å². The van der Waals surface area contributed by atoms with Crippen LogP contribution in [0.15, 0.2) is 42.5 Å². The fourth-order valence-electron chi connectivity index (χ4n) is 5.52. The molecular weight excluding hydrogens is 444 g/mol. The summed E-state index contributed by atoms with van der Waals surface area (Å²) in [5.41, 5.74) is 3.52. The van der Waals surface area contributed by atoms with Crippen molar-refractivity contribution in [2.45, 2.75) is 46.5 Å². The minimum absolute atomic E-state index is 0.0990. The molecule has 7 nitrogen and oxygen atoms in total. The van der Waals surface area contributed by atoms with Crippen molar-refractivity contribution >= 4 is 35.1 Å². The highest BCUT2D eigenvalue weighted by Gasteiger charge is 2.50. The molecule has 0 N–H and O–H groups in total. The zero-order valence-electron chi connectivity index (χ0n) is 20.3. The summed E-state index contributed by atoms with van der Waals surface area (Å²) in [5.74, 6) is -1.09. The highest BCUT2D eigenvalue weighted by molar-refractivity contribution is 6.22. The van der Waals surface area contributed by atoms with E-state index in [1.54, 1.807) is 29.2 Å². The molecule has 4 atom stereocenters. The summed E-state index contributed by atoms with van der Waals surface area (Å²) in [7, 11) is 0. The minimum atomic E-state index is -0.560. The molecule has 5 rings (SSSR count). The lowest BCUT2D eigenvalue weighted by Gasteiger charge is -2.25. The van der Waals surface area contributed by atoms with Crippen LogP contribution in [0.3, 0.4) is 0 Å². The molecule has 35 heavy (non-hydrogen) atoms. The van der Waals surface area contributed by atoms with Gasteiger partial charge in [-0.15, -0.1) is 0 Å². The molecule has 3 fully saturated rings. The first-order chi connectivity index (χ1) is 16.7. The van der Waals surface area contributed by atoms with Crippen molar-refractivity contribution in [2.24, 2.45) is 23.7 Å². The molecular formula is C28H30N2O5. The Balaban J connectivity index is 1.24. The first-order valence-electron chi connectivity index (χ1n) is 12.3. The zero-order valence-corrected chi connectivity index (χ0v) is 20.3. The Bertz CT molecular complexity index is 1200. The number of fused-ring (bicyclic) bond motifs is 1. The molecule has 2 heterocycles. The van der Waals surface area contributed by atoms with Crippen LogP contribution in [0, 0.1) is 37.5 Å². The summed E-state index contributed by atoms with van der Waals surface area (Å²) in [5, 5.41) is 0. The molecule has 1 saturated carbocycles. The molecule has 3 aliphatic rings. The number of hydrogen-bond donors (Lipinski definition) is 0. The van der Waals surface area contributed by atoms with Crippen molar-refractivity contribution in [2.75, 3.05) is 16.3 Å². The summed E-state index contributed by atoms with van der Waals surface area (Å²) in [4.78, 5) is 54.1. The van der Waals surface area contributed by atoms with E-state index in [0.29, 0.717) is 17.4 Å². The number of benzene rings is 2. The van der Waals surface area contributed by atoms with E-state index in [1.807, 2.05) is 32.0 Å². The number of imide groups is 1. The maximum Gasteiger partial charge on any atom is 0.316 e. The fourth-order valence-corrected chi connectivity index (χ4v) is 5.52. The third kappa shape index (κ3) is 4.24. The number of hydrogen-bond acceptors (Lipinski definition) is 5. The van der Waals surface area contributed by atoms with E-state index >= 15 is 0 Å². The summed E-state index contributed by atoms with van der Waals surface area (Å²) in [6.07, 6.45) is 2.57. The molecule has 0 bridgehead atoms. The van der Waals surface area contributed by atoms with Crippen LogP contribution in [0.5, 0.6) is 5.75 Å². The van der Waals surface area contributed by atoms with Gasteiger partial charge in [-0.05, 0) is 86.6 Å². The maximum absolute atomic E-state index is 12.9. The van der Waals surface area contributed by atoms with Crippen LogP contribution in [-0.2, 0) is 19.2 Å². The van der Waals surface area contributed by atoms with Crippen LogP contribution in [0.25, 0.3) is 0 Å². The predicted molar refractivity (Wildman–Crippen MR) is 131 cm³/mol. The van der Waals surface area contributed by atoms with Gasteiger partial charge in [-0.1, -0.05) is 13.0 Å². The second-order valence-electron chi connectivity index (χ2n) is 10.2. The molecule has 0 aromatic heterocycles. The van der Waals surface area contributed by atoms with Crippen molar-refractivity contribution in [1.82, 2.24) is 0 Å². The van der Waals surface area contributed by atoms with Crippen LogP contribution < -0.4 is 14.5 Å². The van der Waals surface area contributed by atoms with Gasteiger partial charge in [-0.2, -0.15) is 0 Å². The third-order valence-electron chi connectivity index (χ3n) is 7.76. The number of aryl methyl sites for hydroxylation is 2. The highest BCUT2D eigenvalue weighted by Crippen LogP contribution is 2.42. The van der Waals surface area contributed by atoms with Crippen molar-refractivity contribution in [3.8, 4) is 5.75 Å². The maximum atomic E-state index is 12.9. The lowest BCUT2D eigenvalue weighted by molar-refractivity contribution is -0.139. The molecule has 7 heteroatoms. The Morgan fingerprint density at radius 1 is 0.886 bits per heavy atom. The molecule has 2 saturated heterocycles. The van der Waals surface area contributed by atoms with Gasteiger partial charge in [0.05, 0.1) is 23.4 Å². The van der Waals surface area contributed by atoms with Crippen molar-refractivity contribution < 1.29 is 23.9 Å². The van der Waals surface area contributed by atoms with Crippen LogP contribution in [0.2, 0.25) is 0 Å². The lowest BCUT2D eigenvalue weighted by atomic mass is 9.76. The van der Waals surface area contributed by atoms with Gasteiger partial charge in [-0.3, -0.25) is 24.1 Å². The van der Waals surface area contributed by atoms with Gasteiger partial charge in [0.2, 0.25) is 17.7 Å². The smallest absolute Gasteiger partial charge is 0.316 e. The Kier molecular flexibility index (Phi) is 5.95. The Morgan fingerprint density at radius 2 is 1.57 bits per heavy atom. The lowest BCUT2D eigenvalue weighted by Crippen LogP contribution is -2.30. The number of nitrogens with zero attached hydrogens (tertiary/aromatic N) is 2. The second kappa shape index (κ2) is 8.95. The molecule has 0 radical (unpaired) electrons. The standard InChI is InChI=1S/C28H30N2O5/c1-16-4-11-23-24(12-16)27(33)30(26(23)32)20-7-9-22(10-8-20)35-28(34)19-14-25(31)29(15-19)21-6-5-17(2)18(3)13-21/h5-10,13,16,19,23-24H,4,11-12,14-15H2,1-3H3/t16-,19-,23-,24+/m1/s1. The van der Waals surface area contributed by atoms with E-state index in [1.165, 1.54) is 4.90 Å². The highest BCUT2D eigenvalue weighted by atomic mass is 16.5. The molecule has 0 unspecified atom stereocenters. The molecule has 3 amide bonds. The van der Waals surface area contributed by atoms with E-state index in [-0.39, 0.29) is 42.5 Å². The average Bonchev–Trinajstić information content (AvgIpc) is 3.34. The van der Waals surface area contributed by atoms with Crippen LogP contribution >= 0.6 is 0 Å². The van der Waals surface area contributed by atoms with E-state index in [4.69, 9.17) is 4.74 Å². The van der Waals surface area contributed by atoms with Crippen LogP contribution in [0.1, 0.15) is 43.7 Å². The molecule has 2 aromatic carbocycles. The second-order valence-corrected chi connectivity index (χ2v) is 10.2. The fraction of sp³-hybridized carbons (Fsp3) is 0.429. The van der Waals surface area contributed by atoms with E-state index < -0.39 is 11.9 Å². The Hall–Kier alpha value is -3.48. The SMILES string of the molecule is Cc1ccc(N2C[C@H](C(=O)Oc3ccc(N4C(=O)[C@H]5C[C@H](C)CC[C@H]5C4=O)cc3)CC2=O)cc1C. The van der Waals surface area contributed by atoms with Gasteiger partial charge in [0.1, 0.15) is 5.75 Å². The van der Waals surface area contributed by atoms with Crippen molar-refractivity contribution in [1.29, 1.82) is 0 Å². The number of rotatable bonds is 4. The average molecular weight is 475 g/mol. The summed E-state index contributed by atoms with van der Waals surface area (Å²) in [6, 6.07) is 12.3. The van der Waals surface area contributed by atoms with Crippen LogP contribution in [0.4, 0.5) is 11.4 Å². The number of carbonyl (C=O) groups is 4. The first kappa shape index (κ1) is 23.3. The van der Waals surface area contributed by atoms with Gasteiger partial charge in [0.25, 0.3) is 0 Å². The van der Waals surface area contributed by atoms with E-state index in [2.05, 4.69) is 6.92 Å². The van der Waals surface area contributed by atoms with Gasteiger partial charge >= 0.3 is 5.97 Å². The topological polar surface area (TPSA) is 84.0 Å². The van der Waals surface area contributed by atoms with E-state index in [9.17, 15) is 19.2 Å². The molecule has 182 valence electrons. The number of carbonyl (C=O) groups excluding carboxylic acids is 4. The normalized spacial score (nSPS) is 26.3. The quantitative estimate of drug-likeness (QED) is 0.377. The first-order valence-corrected chi connectivity index (χ1v) is 12.3. The van der Waals surface area contributed by atoms with Crippen LogP contribution in [-0.4, -0.2) is 30.2 Å². The molecule has 1 aliphatic carbocycles. The third-order valence-corrected chi connectivity index (χ3v) is 7.76. The van der Waals surface area contributed by atoms with Gasteiger partial charge in [0.15, 0.2) is 0 Å². The zero-order chi connectivity index (χ0) is 24.9. The predicted octanol–water partition coefficient (Wildman–Crippen LogP) is 4.19. The summed E-state index contributed by atoms with van der Waals surface area (Å²) < 4.78 is 5.55. The van der Waals surface area contributed by atoms with Crippen molar-refractivity contribution in [3.05, 3.63) is 53.6 Å². The summed E-state index contributed by atoms with van der Waals surface area (Å²) >= 11 is 0. The molecule has 2 aliphatic heterocycles. The number of esters is 1. The monoisotopic (exact) mass is 474 g/mol. The molecule has 2 aromatic rings. The van der Waals surface area contributed by atoms with E-state index in [0.717, 1.165) is 36.1 Å². The summed E-state index contributed by atoms with van der Waals surface area (Å²) in [6.45, 7) is 6.40.